The molecule has 1 aromatic carbocycles. The quantitative estimate of drug-likeness (QED) is 0.490. The van der Waals surface area contributed by atoms with E-state index in [0.29, 0.717) is 29.2 Å². The van der Waals surface area contributed by atoms with Gasteiger partial charge in [0.15, 0.2) is 11.5 Å². The number of benzene rings is 1. The van der Waals surface area contributed by atoms with E-state index in [1.54, 1.807) is 17.7 Å². The van der Waals surface area contributed by atoms with E-state index in [-0.39, 0.29) is 17.6 Å². The van der Waals surface area contributed by atoms with E-state index in [9.17, 15) is 9.18 Å². The fourth-order valence-electron chi connectivity index (χ4n) is 4.36. The van der Waals surface area contributed by atoms with Gasteiger partial charge < -0.3 is 14.2 Å². The Bertz CT molecular complexity index is 1290. The molecule has 164 valence electrons. The fraction of sp³-hybridized carbons (Fsp3) is 0.292. The number of carbonyl (C=O) groups is 1. The van der Waals surface area contributed by atoms with Gasteiger partial charge in [0, 0.05) is 49.6 Å². The van der Waals surface area contributed by atoms with Crippen LogP contribution in [0.3, 0.4) is 0 Å². The van der Waals surface area contributed by atoms with Crippen LogP contribution in [0.4, 0.5) is 4.39 Å². The van der Waals surface area contributed by atoms with E-state index in [2.05, 4.69) is 0 Å². The molecule has 1 aliphatic rings. The summed E-state index contributed by atoms with van der Waals surface area (Å²) in [4.78, 5) is 19.5. The number of ether oxygens (including phenoxy) is 1. The number of fused-ring (bicyclic) bond motifs is 1. The molecule has 1 saturated heterocycles. The zero-order valence-corrected chi connectivity index (χ0v) is 18.0. The van der Waals surface area contributed by atoms with Crippen molar-refractivity contribution >= 4 is 11.6 Å². The molecule has 1 atom stereocenters. The summed E-state index contributed by atoms with van der Waals surface area (Å²) >= 11 is 0. The minimum Gasteiger partial charge on any atom is -0.496 e. The lowest BCUT2D eigenvalue weighted by Gasteiger charge is -2.31. The SMILES string of the molecule is COc1ccc(F)cc1-c1ccc2nc(C3CCCN(C(=O)c4cccn4C)C3)nn2c1. The summed E-state index contributed by atoms with van der Waals surface area (Å²) in [5.41, 5.74) is 2.84. The molecule has 3 aromatic heterocycles. The van der Waals surface area contributed by atoms with Crippen LogP contribution in [-0.4, -0.2) is 50.2 Å². The molecule has 4 aromatic rings. The number of pyridine rings is 1. The lowest BCUT2D eigenvalue weighted by molar-refractivity contribution is 0.0695. The highest BCUT2D eigenvalue weighted by molar-refractivity contribution is 5.92. The molecule has 0 spiro atoms. The number of methoxy groups -OCH3 is 1. The van der Waals surface area contributed by atoms with Gasteiger partial charge in [-0.15, -0.1) is 0 Å². The van der Waals surface area contributed by atoms with E-state index < -0.39 is 0 Å². The molecule has 5 rings (SSSR count). The van der Waals surface area contributed by atoms with Crippen LogP contribution in [0.15, 0.2) is 54.9 Å². The topological polar surface area (TPSA) is 64.7 Å². The van der Waals surface area contributed by atoms with Gasteiger partial charge in [0.05, 0.1) is 7.11 Å². The largest absolute Gasteiger partial charge is 0.496 e. The Hall–Kier alpha value is -3.68. The van der Waals surface area contributed by atoms with Gasteiger partial charge in [0.2, 0.25) is 0 Å². The van der Waals surface area contributed by atoms with Gasteiger partial charge in [0.1, 0.15) is 17.3 Å². The zero-order chi connectivity index (χ0) is 22.2. The second-order valence-electron chi connectivity index (χ2n) is 8.13. The van der Waals surface area contributed by atoms with Crippen molar-refractivity contribution in [3.63, 3.8) is 0 Å². The molecule has 0 N–H and O–H groups in total. The van der Waals surface area contributed by atoms with Gasteiger partial charge in [-0.2, -0.15) is 5.10 Å². The highest BCUT2D eigenvalue weighted by atomic mass is 19.1. The summed E-state index contributed by atoms with van der Waals surface area (Å²) in [6.07, 6.45) is 5.54. The van der Waals surface area contributed by atoms with E-state index in [4.69, 9.17) is 14.8 Å². The first-order valence-electron chi connectivity index (χ1n) is 10.6. The predicted octanol–water partition coefficient (Wildman–Crippen LogP) is 3.90. The summed E-state index contributed by atoms with van der Waals surface area (Å²) in [6.45, 7) is 1.32. The maximum Gasteiger partial charge on any atom is 0.270 e. The van der Waals surface area contributed by atoms with Crippen molar-refractivity contribution in [2.24, 2.45) is 7.05 Å². The van der Waals surface area contributed by atoms with Gasteiger partial charge in [-0.05, 0) is 55.3 Å². The number of likely N-dealkylation sites (tertiary alicyclic amines) is 1. The molecule has 32 heavy (non-hydrogen) atoms. The van der Waals surface area contributed by atoms with Crippen LogP contribution >= 0.6 is 0 Å². The van der Waals surface area contributed by atoms with Gasteiger partial charge in [-0.1, -0.05) is 0 Å². The Balaban J connectivity index is 1.42. The summed E-state index contributed by atoms with van der Waals surface area (Å²) < 4.78 is 22.8. The molecule has 1 unspecified atom stereocenters. The zero-order valence-electron chi connectivity index (χ0n) is 18.0. The Morgan fingerprint density at radius 3 is 2.88 bits per heavy atom. The van der Waals surface area contributed by atoms with Gasteiger partial charge >= 0.3 is 0 Å². The number of nitrogens with zero attached hydrogens (tertiary/aromatic N) is 5. The van der Waals surface area contributed by atoms with Crippen LogP contribution in [0.25, 0.3) is 16.8 Å². The number of halogens is 1. The number of piperidine rings is 1. The molecule has 0 bridgehead atoms. The first-order chi connectivity index (χ1) is 15.5. The monoisotopic (exact) mass is 433 g/mol. The normalized spacial score (nSPS) is 16.5. The summed E-state index contributed by atoms with van der Waals surface area (Å²) in [7, 11) is 3.44. The average Bonchev–Trinajstić information content (AvgIpc) is 3.44. The summed E-state index contributed by atoms with van der Waals surface area (Å²) in [5, 5.41) is 4.70. The number of hydrogen-bond acceptors (Lipinski definition) is 4. The lowest BCUT2D eigenvalue weighted by Crippen LogP contribution is -2.40. The van der Waals surface area contributed by atoms with Gasteiger partial charge in [0.25, 0.3) is 5.91 Å². The second kappa shape index (κ2) is 8.11. The highest BCUT2D eigenvalue weighted by Crippen LogP contribution is 2.31. The molecule has 4 heterocycles. The minimum absolute atomic E-state index is 0.0337. The number of carbonyl (C=O) groups excluding carboxylic acids is 1. The first kappa shape index (κ1) is 20.2. The number of aromatic nitrogens is 4. The molecule has 0 radical (unpaired) electrons. The van der Waals surface area contributed by atoms with E-state index >= 15 is 0 Å². The second-order valence-corrected chi connectivity index (χ2v) is 8.13. The van der Waals surface area contributed by atoms with Crippen molar-refractivity contribution in [1.82, 2.24) is 24.1 Å². The average molecular weight is 433 g/mol. The number of aryl methyl sites for hydroxylation is 1. The third-order valence-corrected chi connectivity index (χ3v) is 6.06. The van der Waals surface area contributed by atoms with Crippen molar-refractivity contribution in [3.05, 3.63) is 72.2 Å². The van der Waals surface area contributed by atoms with Crippen molar-refractivity contribution in [2.75, 3.05) is 20.2 Å². The van der Waals surface area contributed by atoms with Gasteiger partial charge in [-0.3, -0.25) is 4.79 Å². The minimum atomic E-state index is -0.328. The molecule has 8 heteroatoms. The van der Waals surface area contributed by atoms with E-state index in [0.717, 1.165) is 30.8 Å². The highest BCUT2D eigenvalue weighted by Gasteiger charge is 2.29. The molecule has 1 fully saturated rings. The van der Waals surface area contributed by atoms with Crippen LogP contribution in [0.5, 0.6) is 5.75 Å². The number of amides is 1. The molecule has 1 aliphatic heterocycles. The Morgan fingerprint density at radius 1 is 1.22 bits per heavy atom. The van der Waals surface area contributed by atoms with Crippen LogP contribution < -0.4 is 4.74 Å². The maximum absolute atomic E-state index is 13.8. The molecular weight excluding hydrogens is 409 g/mol. The number of rotatable bonds is 4. The lowest BCUT2D eigenvalue weighted by atomic mass is 9.97. The summed E-state index contributed by atoms with van der Waals surface area (Å²) in [6, 6.07) is 11.9. The molecule has 0 saturated carbocycles. The van der Waals surface area contributed by atoms with E-state index in [1.165, 1.54) is 12.1 Å². The van der Waals surface area contributed by atoms with Crippen molar-refractivity contribution in [2.45, 2.75) is 18.8 Å². The Labute approximate surface area is 185 Å². The maximum atomic E-state index is 13.8. The van der Waals surface area contributed by atoms with Gasteiger partial charge in [-0.25, -0.2) is 13.9 Å². The molecule has 0 aliphatic carbocycles. The third kappa shape index (κ3) is 3.62. The smallest absolute Gasteiger partial charge is 0.270 e. The Kier molecular flexibility index (Phi) is 5.13. The fourth-order valence-corrected chi connectivity index (χ4v) is 4.36. The Morgan fingerprint density at radius 2 is 2.09 bits per heavy atom. The van der Waals surface area contributed by atoms with Crippen LogP contribution in [0.1, 0.15) is 35.1 Å². The standard InChI is InChI=1S/C24H24FN5O2/c1-28-11-4-6-20(28)24(31)29-12-3-5-17(14-29)23-26-22-10-7-16(15-30(22)27-23)19-13-18(25)8-9-21(19)32-2/h4,6-11,13,15,17H,3,5,12,14H2,1-2H3. The summed E-state index contributed by atoms with van der Waals surface area (Å²) in [5.74, 6) is 1.09. The van der Waals surface area contributed by atoms with Crippen LogP contribution in [-0.2, 0) is 7.05 Å². The number of hydrogen-bond donors (Lipinski definition) is 0. The molecule has 1 amide bonds. The van der Waals surface area contributed by atoms with Crippen molar-refractivity contribution in [1.29, 1.82) is 0 Å². The molecular formula is C24H24FN5O2. The predicted molar refractivity (Wildman–Crippen MR) is 118 cm³/mol. The van der Waals surface area contributed by atoms with Crippen LogP contribution in [0, 0.1) is 5.82 Å². The first-order valence-corrected chi connectivity index (χ1v) is 10.6. The van der Waals surface area contributed by atoms with Crippen LogP contribution in [0.2, 0.25) is 0 Å². The van der Waals surface area contributed by atoms with Crippen molar-refractivity contribution in [3.8, 4) is 16.9 Å². The van der Waals surface area contributed by atoms with Crippen molar-refractivity contribution < 1.29 is 13.9 Å². The third-order valence-electron chi connectivity index (χ3n) is 6.06. The van der Waals surface area contributed by atoms with E-state index in [1.807, 2.05) is 53.2 Å². The molecule has 7 nitrogen and oxygen atoms in total.